The van der Waals surface area contributed by atoms with Gasteiger partial charge in [0.1, 0.15) is 11.6 Å². The number of anilines is 3. The maximum Gasteiger partial charge on any atom is 0.221 e. The van der Waals surface area contributed by atoms with E-state index in [0.717, 1.165) is 43.2 Å². The number of nitrogen functional groups attached to an aromatic ring is 2. The van der Waals surface area contributed by atoms with Crippen LogP contribution in [0.1, 0.15) is 0 Å². The lowest BCUT2D eigenvalue weighted by Crippen LogP contribution is -2.36. The number of rotatable bonds is 2. The molecule has 7 nitrogen and oxygen atoms in total. The predicted octanol–water partition coefficient (Wildman–Crippen LogP) is 0.540. The highest BCUT2D eigenvalue weighted by atomic mass is 16.5. The summed E-state index contributed by atoms with van der Waals surface area (Å²) in [6.07, 6.45) is 3.39. The van der Waals surface area contributed by atoms with Gasteiger partial charge in [-0.05, 0) is 17.7 Å². The van der Waals surface area contributed by atoms with E-state index in [1.807, 2.05) is 12.1 Å². The van der Waals surface area contributed by atoms with Gasteiger partial charge in [0.05, 0.1) is 13.2 Å². The maximum atomic E-state index is 5.90. The van der Waals surface area contributed by atoms with Gasteiger partial charge in [-0.25, -0.2) is 9.97 Å². The summed E-state index contributed by atoms with van der Waals surface area (Å²) in [6.45, 7) is 3.12. The number of aromatic nitrogens is 3. The van der Waals surface area contributed by atoms with E-state index in [0.29, 0.717) is 5.82 Å². The van der Waals surface area contributed by atoms with Crippen LogP contribution < -0.4 is 16.4 Å². The van der Waals surface area contributed by atoms with Crippen molar-refractivity contribution < 1.29 is 4.74 Å². The summed E-state index contributed by atoms with van der Waals surface area (Å²) in [5, 5.41) is 0. The molecule has 7 heteroatoms. The fourth-order valence-corrected chi connectivity index (χ4v) is 2.18. The van der Waals surface area contributed by atoms with Crippen LogP contribution in [0.15, 0.2) is 24.5 Å². The number of hydrogen-bond acceptors (Lipinski definition) is 7. The third-order valence-corrected chi connectivity index (χ3v) is 3.23. The molecule has 1 aliphatic rings. The lowest BCUT2D eigenvalue weighted by atomic mass is 10.1. The molecule has 2 aromatic heterocycles. The molecule has 0 aliphatic carbocycles. The standard InChI is InChI=1S/C13H16N6O/c14-12-10(8-17-13(15)18-12)9-1-2-16-11(7-9)19-3-5-20-6-4-19/h1-2,7-8H,3-6H2,(H4,14,15,17,18). The second kappa shape index (κ2) is 5.30. The zero-order chi connectivity index (χ0) is 13.9. The Morgan fingerprint density at radius 2 is 1.95 bits per heavy atom. The lowest BCUT2D eigenvalue weighted by molar-refractivity contribution is 0.122. The third-order valence-electron chi connectivity index (χ3n) is 3.23. The van der Waals surface area contributed by atoms with Gasteiger partial charge in [-0.1, -0.05) is 0 Å². The highest BCUT2D eigenvalue weighted by molar-refractivity contribution is 5.75. The Morgan fingerprint density at radius 3 is 2.70 bits per heavy atom. The lowest BCUT2D eigenvalue weighted by Gasteiger charge is -2.28. The second-order valence-electron chi connectivity index (χ2n) is 4.53. The number of ether oxygens (including phenoxy) is 1. The van der Waals surface area contributed by atoms with Gasteiger partial charge in [0.25, 0.3) is 0 Å². The van der Waals surface area contributed by atoms with Crippen LogP contribution in [-0.4, -0.2) is 41.3 Å². The molecule has 0 unspecified atom stereocenters. The smallest absolute Gasteiger partial charge is 0.221 e. The van der Waals surface area contributed by atoms with Crippen molar-refractivity contribution in [1.29, 1.82) is 0 Å². The number of nitrogens with zero attached hydrogens (tertiary/aromatic N) is 4. The molecule has 0 aromatic carbocycles. The van der Waals surface area contributed by atoms with Crippen molar-refractivity contribution in [3.8, 4) is 11.1 Å². The van der Waals surface area contributed by atoms with Crippen LogP contribution in [0.3, 0.4) is 0 Å². The van der Waals surface area contributed by atoms with Crippen molar-refractivity contribution in [3.05, 3.63) is 24.5 Å². The average molecular weight is 272 g/mol. The van der Waals surface area contributed by atoms with Gasteiger partial charge in [-0.3, -0.25) is 0 Å². The highest BCUT2D eigenvalue weighted by Gasteiger charge is 2.14. The van der Waals surface area contributed by atoms with Gasteiger partial charge in [0, 0.05) is 31.0 Å². The van der Waals surface area contributed by atoms with Crippen molar-refractivity contribution in [2.75, 3.05) is 42.7 Å². The Bertz CT molecular complexity index is 612. The summed E-state index contributed by atoms with van der Waals surface area (Å²) >= 11 is 0. The van der Waals surface area contributed by atoms with Gasteiger partial charge in [0.15, 0.2) is 0 Å². The normalized spacial score (nSPS) is 15.3. The topological polar surface area (TPSA) is 103 Å². The zero-order valence-corrected chi connectivity index (χ0v) is 11.0. The zero-order valence-electron chi connectivity index (χ0n) is 11.0. The Hall–Kier alpha value is -2.41. The monoisotopic (exact) mass is 272 g/mol. The first-order valence-corrected chi connectivity index (χ1v) is 6.41. The summed E-state index contributed by atoms with van der Waals surface area (Å²) in [5.41, 5.74) is 13.1. The van der Waals surface area contributed by atoms with Crippen LogP contribution in [-0.2, 0) is 4.74 Å². The Labute approximate surface area is 116 Å². The SMILES string of the molecule is Nc1ncc(-c2ccnc(N3CCOCC3)c2)c(N)n1. The third kappa shape index (κ3) is 2.48. The molecule has 1 saturated heterocycles. The first kappa shape index (κ1) is 12.6. The largest absolute Gasteiger partial charge is 0.383 e. The molecular weight excluding hydrogens is 256 g/mol. The van der Waals surface area contributed by atoms with Crippen LogP contribution in [0.2, 0.25) is 0 Å². The summed E-state index contributed by atoms with van der Waals surface area (Å²) < 4.78 is 5.35. The molecule has 0 radical (unpaired) electrons. The summed E-state index contributed by atoms with van der Waals surface area (Å²) in [5.74, 6) is 1.45. The minimum atomic E-state index is 0.175. The van der Waals surface area contributed by atoms with E-state index in [9.17, 15) is 0 Å². The molecule has 0 amide bonds. The molecule has 0 saturated carbocycles. The minimum absolute atomic E-state index is 0.175. The number of nitrogens with two attached hydrogens (primary N) is 2. The second-order valence-corrected chi connectivity index (χ2v) is 4.53. The summed E-state index contributed by atoms with van der Waals surface area (Å²) in [6, 6.07) is 3.87. The van der Waals surface area contributed by atoms with Crippen LogP contribution in [0.5, 0.6) is 0 Å². The number of hydrogen-bond donors (Lipinski definition) is 2. The molecule has 1 aliphatic heterocycles. The van der Waals surface area contributed by atoms with E-state index in [2.05, 4.69) is 19.9 Å². The highest BCUT2D eigenvalue weighted by Crippen LogP contribution is 2.26. The van der Waals surface area contributed by atoms with Gasteiger partial charge < -0.3 is 21.1 Å². The fraction of sp³-hybridized carbons (Fsp3) is 0.308. The first-order valence-electron chi connectivity index (χ1n) is 6.41. The molecule has 0 spiro atoms. The van der Waals surface area contributed by atoms with E-state index < -0.39 is 0 Å². The molecule has 2 aromatic rings. The minimum Gasteiger partial charge on any atom is -0.383 e. The molecular formula is C13H16N6O. The first-order chi connectivity index (χ1) is 9.74. The summed E-state index contributed by atoms with van der Waals surface area (Å²) in [7, 11) is 0. The Morgan fingerprint density at radius 1 is 1.15 bits per heavy atom. The number of morpholine rings is 1. The van der Waals surface area contributed by atoms with Crippen molar-refractivity contribution >= 4 is 17.6 Å². The molecule has 104 valence electrons. The molecule has 3 heterocycles. The van der Waals surface area contributed by atoms with E-state index in [1.165, 1.54) is 0 Å². The molecule has 4 N–H and O–H groups in total. The van der Waals surface area contributed by atoms with Crippen LogP contribution >= 0.6 is 0 Å². The predicted molar refractivity (Wildman–Crippen MR) is 77.1 cm³/mol. The molecule has 1 fully saturated rings. The van der Waals surface area contributed by atoms with E-state index in [4.69, 9.17) is 16.2 Å². The quantitative estimate of drug-likeness (QED) is 0.822. The van der Waals surface area contributed by atoms with Gasteiger partial charge in [0.2, 0.25) is 5.95 Å². The fourth-order valence-electron chi connectivity index (χ4n) is 2.18. The molecule has 0 atom stereocenters. The van der Waals surface area contributed by atoms with Crippen molar-refractivity contribution in [2.45, 2.75) is 0 Å². The van der Waals surface area contributed by atoms with Crippen LogP contribution in [0.4, 0.5) is 17.6 Å². The Balaban J connectivity index is 1.94. The van der Waals surface area contributed by atoms with Gasteiger partial charge in [-0.2, -0.15) is 4.98 Å². The van der Waals surface area contributed by atoms with Crippen LogP contribution in [0.25, 0.3) is 11.1 Å². The van der Waals surface area contributed by atoms with Gasteiger partial charge >= 0.3 is 0 Å². The van der Waals surface area contributed by atoms with E-state index >= 15 is 0 Å². The van der Waals surface area contributed by atoms with Crippen molar-refractivity contribution in [2.24, 2.45) is 0 Å². The van der Waals surface area contributed by atoms with Crippen molar-refractivity contribution in [3.63, 3.8) is 0 Å². The van der Waals surface area contributed by atoms with Crippen LogP contribution in [0, 0.1) is 0 Å². The molecule has 3 rings (SSSR count). The summed E-state index contributed by atoms with van der Waals surface area (Å²) in [4.78, 5) is 14.6. The molecule has 20 heavy (non-hydrogen) atoms. The maximum absolute atomic E-state index is 5.90. The van der Waals surface area contributed by atoms with Crippen molar-refractivity contribution in [1.82, 2.24) is 15.0 Å². The number of pyridine rings is 1. The Kier molecular flexibility index (Phi) is 3.34. The van der Waals surface area contributed by atoms with Gasteiger partial charge in [-0.15, -0.1) is 0 Å². The van der Waals surface area contributed by atoms with E-state index in [-0.39, 0.29) is 5.95 Å². The average Bonchev–Trinajstić information content (AvgIpc) is 2.48. The van der Waals surface area contributed by atoms with E-state index in [1.54, 1.807) is 12.4 Å². The molecule has 0 bridgehead atoms.